The molecule has 0 saturated carbocycles. The van der Waals surface area contributed by atoms with E-state index in [0.29, 0.717) is 19.4 Å². The smallest absolute Gasteiger partial charge is 0.326 e. The highest BCUT2D eigenvalue weighted by molar-refractivity contribution is 5.95. The molecule has 0 aliphatic carbocycles. The van der Waals surface area contributed by atoms with Crippen molar-refractivity contribution < 1.29 is 39.0 Å². The molecule has 0 heterocycles. The lowest BCUT2D eigenvalue weighted by Gasteiger charge is -2.24. The second kappa shape index (κ2) is 14.7. The maximum Gasteiger partial charge on any atom is 0.326 e. The Bertz CT molecular complexity index is 671. The molecule has 0 radical (unpaired) electrons. The van der Waals surface area contributed by atoms with Crippen molar-refractivity contribution in [3.8, 4) is 0 Å². The predicted octanol–water partition coefficient (Wildman–Crippen LogP) is -3.65. The molecule has 0 aromatic rings. The lowest BCUT2D eigenvalue weighted by atomic mass is 10.1. The summed E-state index contributed by atoms with van der Waals surface area (Å²) in [7, 11) is 0. The fourth-order valence-electron chi connectivity index (χ4n) is 2.50. The molecule has 0 aromatic heterocycles. The minimum Gasteiger partial charge on any atom is -0.481 e. The van der Waals surface area contributed by atoms with Crippen LogP contribution in [0.5, 0.6) is 0 Å². The van der Waals surface area contributed by atoms with Gasteiger partial charge in [-0.05, 0) is 32.2 Å². The van der Waals surface area contributed by atoms with Crippen LogP contribution in [-0.2, 0) is 28.8 Å². The molecule has 11 N–H and O–H groups in total. The predicted molar refractivity (Wildman–Crippen MR) is 106 cm³/mol. The van der Waals surface area contributed by atoms with E-state index in [1.807, 2.05) is 0 Å². The van der Waals surface area contributed by atoms with Crippen LogP contribution >= 0.6 is 0 Å². The van der Waals surface area contributed by atoms with Gasteiger partial charge in [0, 0.05) is 6.42 Å². The molecule has 3 atom stereocenters. The van der Waals surface area contributed by atoms with Gasteiger partial charge in [0.25, 0.3) is 0 Å². The summed E-state index contributed by atoms with van der Waals surface area (Å²) in [5.41, 5.74) is 15.8. The number of amides is 4. The van der Waals surface area contributed by atoms with Crippen LogP contribution in [0.3, 0.4) is 0 Å². The van der Waals surface area contributed by atoms with E-state index in [9.17, 15) is 28.8 Å². The molecule has 0 spiro atoms. The highest BCUT2D eigenvalue weighted by atomic mass is 16.4. The van der Waals surface area contributed by atoms with Crippen molar-refractivity contribution in [2.24, 2.45) is 17.2 Å². The minimum atomic E-state index is -1.56. The summed E-state index contributed by atoms with van der Waals surface area (Å²) in [6, 6.07) is -4.18. The Kier molecular flexibility index (Phi) is 13.1. The van der Waals surface area contributed by atoms with Crippen molar-refractivity contribution in [3.05, 3.63) is 0 Å². The maximum absolute atomic E-state index is 12.6. The van der Waals surface area contributed by atoms with Gasteiger partial charge in [-0.1, -0.05) is 0 Å². The van der Waals surface area contributed by atoms with Crippen molar-refractivity contribution >= 4 is 35.6 Å². The maximum atomic E-state index is 12.6. The van der Waals surface area contributed by atoms with Crippen molar-refractivity contribution in [2.45, 2.75) is 56.7 Å². The van der Waals surface area contributed by atoms with Crippen LogP contribution in [0.2, 0.25) is 0 Å². The van der Waals surface area contributed by atoms with E-state index in [-0.39, 0.29) is 13.0 Å². The van der Waals surface area contributed by atoms with Crippen molar-refractivity contribution in [1.82, 2.24) is 16.0 Å². The number of aliphatic carboxylic acids is 2. The van der Waals surface area contributed by atoms with Crippen molar-refractivity contribution in [2.75, 3.05) is 13.1 Å². The van der Waals surface area contributed by atoms with Crippen LogP contribution in [0, 0.1) is 0 Å². The number of nitrogens with two attached hydrogens (primary N) is 3. The number of hydrogen-bond donors (Lipinski definition) is 8. The molecule has 0 bridgehead atoms. The van der Waals surface area contributed by atoms with Gasteiger partial charge in [0.1, 0.15) is 18.1 Å². The molecule has 0 fully saturated rings. The average Bonchev–Trinajstić information content (AvgIpc) is 2.68. The van der Waals surface area contributed by atoms with Gasteiger partial charge in [-0.2, -0.15) is 0 Å². The quantitative estimate of drug-likeness (QED) is 0.108. The second-order valence-electron chi connectivity index (χ2n) is 6.67. The Hall–Kier alpha value is -3.26. The number of nitrogens with one attached hydrogen (secondary N) is 3. The summed E-state index contributed by atoms with van der Waals surface area (Å²) in [5, 5.41) is 24.6. The highest BCUT2D eigenvalue weighted by Gasteiger charge is 2.30. The third-order valence-electron chi connectivity index (χ3n) is 4.08. The third-order valence-corrected chi connectivity index (χ3v) is 4.08. The number of carbonyl (C=O) groups is 6. The van der Waals surface area contributed by atoms with E-state index in [1.165, 1.54) is 0 Å². The number of carboxylic acid groups (broad SMARTS) is 2. The molecule has 0 aliphatic rings. The number of primary amides is 1. The Balaban J connectivity index is 5.35. The van der Waals surface area contributed by atoms with E-state index >= 15 is 0 Å². The van der Waals surface area contributed by atoms with Crippen LogP contribution in [0.15, 0.2) is 0 Å². The monoisotopic (exact) mass is 446 g/mol. The average molecular weight is 446 g/mol. The van der Waals surface area contributed by atoms with E-state index in [1.54, 1.807) is 0 Å². The van der Waals surface area contributed by atoms with Crippen LogP contribution in [0.1, 0.15) is 38.5 Å². The van der Waals surface area contributed by atoms with E-state index in [4.69, 9.17) is 27.4 Å². The molecule has 0 aliphatic heterocycles. The lowest BCUT2D eigenvalue weighted by molar-refractivity contribution is -0.143. The Morgan fingerprint density at radius 1 is 0.774 bits per heavy atom. The summed E-state index contributed by atoms with van der Waals surface area (Å²) in [5.74, 6) is -6.19. The first-order valence-electron chi connectivity index (χ1n) is 9.54. The van der Waals surface area contributed by atoms with Crippen molar-refractivity contribution in [1.29, 1.82) is 0 Å². The van der Waals surface area contributed by atoms with Gasteiger partial charge in [0.05, 0.1) is 13.0 Å². The number of unbranched alkanes of at least 4 members (excludes halogenated alkanes) is 1. The first-order chi connectivity index (χ1) is 14.5. The number of carbonyl (C=O) groups excluding carboxylic acids is 4. The SMILES string of the molecule is NCCCCC(NC(=O)CN)C(=O)NC(CC(N)=O)C(=O)NC(CCC(=O)O)C(=O)O. The van der Waals surface area contributed by atoms with Gasteiger partial charge >= 0.3 is 11.9 Å². The summed E-state index contributed by atoms with van der Waals surface area (Å²) in [6.07, 6.45) is -0.376. The molecule has 0 aromatic carbocycles. The van der Waals surface area contributed by atoms with Gasteiger partial charge in [-0.25, -0.2) is 4.79 Å². The molecule has 14 nitrogen and oxygen atoms in total. The third kappa shape index (κ3) is 12.1. The summed E-state index contributed by atoms with van der Waals surface area (Å²) in [4.78, 5) is 69.9. The highest BCUT2D eigenvalue weighted by Crippen LogP contribution is 2.04. The molecular formula is C17H30N6O8. The lowest BCUT2D eigenvalue weighted by Crippen LogP contribution is -2.57. The van der Waals surface area contributed by atoms with Crippen LogP contribution in [0.25, 0.3) is 0 Å². The zero-order chi connectivity index (χ0) is 24.0. The molecular weight excluding hydrogens is 416 g/mol. The number of rotatable bonds is 16. The fourth-order valence-corrected chi connectivity index (χ4v) is 2.50. The first-order valence-corrected chi connectivity index (χ1v) is 9.54. The minimum absolute atomic E-state index is 0.177. The molecule has 176 valence electrons. The van der Waals surface area contributed by atoms with E-state index in [2.05, 4.69) is 16.0 Å². The van der Waals surface area contributed by atoms with Crippen LogP contribution in [-0.4, -0.2) is 77.0 Å². The van der Waals surface area contributed by atoms with Gasteiger partial charge in [-0.3, -0.25) is 24.0 Å². The zero-order valence-corrected chi connectivity index (χ0v) is 17.0. The molecule has 0 saturated heterocycles. The Labute approximate surface area is 178 Å². The summed E-state index contributed by atoms with van der Waals surface area (Å²) in [6.45, 7) is -0.0193. The standard InChI is InChI=1S/C17H30N6O8/c18-6-2-1-3-9(21-13(25)8-19)15(28)23-11(7-12(20)24)16(29)22-10(17(30)31)4-5-14(26)27/h9-11H,1-8,18-19H2,(H2,20,24)(H,21,25)(H,22,29)(H,23,28)(H,26,27)(H,30,31). The van der Waals surface area contributed by atoms with E-state index < -0.39 is 73.0 Å². The molecule has 3 unspecified atom stereocenters. The Morgan fingerprint density at radius 2 is 1.35 bits per heavy atom. The molecule has 0 rings (SSSR count). The van der Waals surface area contributed by atoms with E-state index in [0.717, 1.165) is 0 Å². The molecule has 14 heteroatoms. The normalized spacial score (nSPS) is 13.4. The largest absolute Gasteiger partial charge is 0.481 e. The second-order valence-corrected chi connectivity index (χ2v) is 6.67. The number of hydrogen-bond acceptors (Lipinski definition) is 8. The van der Waals surface area contributed by atoms with Gasteiger partial charge in [0.15, 0.2) is 0 Å². The molecule has 4 amide bonds. The fraction of sp³-hybridized carbons (Fsp3) is 0.647. The summed E-state index contributed by atoms with van der Waals surface area (Å²) < 4.78 is 0. The zero-order valence-electron chi connectivity index (χ0n) is 17.0. The number of carboxylic acids is 2. The first kappa shape index (κ1) is 27.7. The van der Waals surface area contributed by atoms with Crippen molar-refractivity contribution in [3.63, 3.8) is 0 Å². The van der Waals surface area contributed by atoms with Gasteiger partial charge in [0.2, 0.25) is 23.6 Å². The van der Waals surface area contributed by atoms with Crippen LogP contribution < -0.4 is 33.2 Å². The molecule has 31 heavy (non-hydrogen) atoms. The van der Waals surface area contributed by atoms with Crippen LogP contribution in [0.4, 0.5) is 0 Å². The van der Waals surface area contributed by atoms with Gasteiger partial charge < -0.3 is 43.4 Å². The topological polar surface area (TPSA) is 257 Å². The Morgan fingerprint density at radius 3 is 1.84 bits per heavy atom. The van der Waals surface area contributed by atoms with Gasteiger partial charge in [-0.15, -0.1) is 0 Å². The summed E-state index contributed by atoms with van der Waals surface area (Å²) >= 11 is 0.